The molecule has 0 unspecified atom stereocenters. The van der Waals surface area contributed by atoms with Crippen LogP contribution in [-0.4, -0.2) is 5.91 Å². The molecule has 0 atom stereocenters. The van der Waals surface area contributed by atoms with Gasteiger partial charge in [0.15, 0.2) is 0 Å². The van der Waals surface area contributed by atoms with Gasteiger partial charge in [0.1, 0.15) is 0 Å². The lowest BCUT2D eigenvalue weighted by Crippen LogP contribution is -2.13. The molecule has 4 heteroatoms. The second kappa shape index (κ2) is 5.02. The molecule has 0 spiro atoms. The Morgan fingerprint density at radius 2 is 1.79 bits per heavy atom. The molecule has 2 aromatic carbocycles. The fraction of sp³-hybridized carbons (Fsp3) is 0.133. The number of anilines is 3. The second-order valence-electron chi connectivity index (χ2n) is 4.59. The molecular formula is C15H17N3O. The lowest BCUT2D eigenvalue weighted by Gasteiger charge is -2.12. The van der Waals surface area contributed by atoms with Gasteiger partial charge in [-0.1, -0.05) is 6.07 Å². The highest BCUT2D eigenvalue weighted by Gasteiger charge is 2.09. The lowest BCUT2D eigenvalue weighted by atomic mass is 10.1. The fourth-order valence-corrected chi connectivity index (χ4v) is 1.85. The molecule has 0 radical (unpaired) electrons. The van der Waals surface area contributed by atoms with Crippen LogP contribution < -0.4 is 16.8 Å². The summed E-state index contributed by atoms with van der Waals surface area (Å²) >= 11 is 0. The monoisotopic (exact) mass is 255 g/mol. The van der Waals surface area contributed by atoms with Crippen LogP contribution in [0.25, 0.3) is 0 Å². The van der Waals surface area contributed by atoms with Gasteiger partial charge in [-0.25, -0.2) is 0 Å². The zero-order chi connectivity index (χ0) is 14.0. The Hall–Kier alpha value is -2.49. The van der Waals surface area contributed by atoms with E-state index >= 15 is 0 Å². The Kier molecular flexibility index (Phi) is 3.42. The van der Waals surface area contributed by atoms with Gasteiger partial charge < -0.3 is 16.8 Å². The van der Waals surface area contributed by atoms with Crippen LogP contribution in [0, 0.1) is 13.8 Å². The van der Waals surface area contributed by atoms with Gasteiger partial charge in [-0.2, -0.15) is 0 Å². The molecule has 0 fully saturated rings. The van der Waals surface area contributed by atoms with E-state index in [9.17, 15) is 4.79 Å². The first-order valence-electron chi connectivity index (χ1n) is 6.01. The van der Waals surface area contributed by atoms with Crippen LogP contribution in [0.1, 0.15) is 21.5 Å². The molecule has 19 heavy (non-hydrogen) atoms. The maximum atomic E-state index is 11.4. The number of primary amides is 1. The molecule has 0 saturated carbocycles. The van der Waals surface area contributed by atoms with Crippen LogP contribution in [0.3, 0.4) is 0 Å². The second-order valence-corrected chi connectivity index (χ2v) is 4.59. The first kappa shape index (κ1) is 13.0. The molecule has 0 aliphatic rings. The van der Waals surface area contributed by atoms with Crippen molar-refractivity contribution in [3.05, 3.63) is 53.1 Å². The summed E-state index contributed by atoms with van der Waals surface area (Å²) in [5.41, 5.74) is 15.9. The van der Waals surface area contributed by atoms with E-state index in [1.54, 1.807) is 18.2 Å². The molecule has 1 amide bonds. The number of amides is 1. The molecule has 0 bridgehead atoms. The molecule has 2 aromatic rings. The number of hydrogen-bond donors (Lipinski definition) is 3. The third-order valence-corrected chi connectivity index (χ3v) is 3.09. The van der Waals surface area contributed by atoms with Crippen LogP contribution in [0.4, 0.5) is 17.1 Å². The smallest absolute Gasteiger partial charge is 0.250 e. The average molecular weight is 255 g/mol. The summed E-state index contributed by atoms with van der Waals surface area (Å²) in [6.45, 7) is 4.09. The first-order valence-corrected chi connectivity index (χ1v) is 6.01. The molecule has 98 valence electrons. The Morgan fingerprint density at radius 1 is 1.05 bits per heavy atom. The molecule has 0 heterocycles. The van der Waals surface area contributed by atoms with Crippen molar-refractivity contribution >= 4 is 23.0 Å². The van der Waals surface area contributed by atoms with Crippen LogP contribution in [0.5, 0.6) is 0 Å². The van der Waals surface area contributed by atoms with Crippen LogP contribution in [0.2, 0.25) is 0 Å². The Labute approximate surface area is 112 Å². The van der Waals surface area contributed by atoms with E-state index in [1.807, 2.05) is 25.1 Å². The van der Waals surface area contributed by atoms with Crippen molar-refractivity contribution in [3.63, 3.8) is 0 Å². The predicted octanol–water partition coefficient (Wildman–Crippen LogP) is 2.73. The number of aryl methyl sites for hydroxylation is 2. The van der Waals surface area contributed by atoms with Gasteiger partial charge in [0.25, 0.3) is 5.91 Å². The highest BCUT2D eigenvalue weighted by atomic mass is 16.1. The van der Waals surface area contributed by atoms with Crippen LogP contribution >= 0.6 is 0 Å². The fourth-order valence-electron chi connectivity index (χ4n) is 1.85. The molecule has 0 aliphatic heterocycles. The molecule has 0 saturated heterocycles. The minimum absolute atomic E-state index is 0.387. The number of carbonyl (C=O) groups is 1. The number of benzene rings is 2. The summed E-state index contributed by atoms with van der Waals surface area (Å²) in [7, 11) is 0. The standard InChI is InChI=1S/C15H17N3O/c1-9-3-5-12(7-10(9)2)18-14-6-4-11(16)8-13(14)15(17)19/h3-8,18H,16H2,1-2H3,(H2,17,19). The third-order valence-electron chi connectivity index (χ3n) is 3.09. The Balaban J connectivity index is 2.37. The van der Waals surface area contributed by atoms with Crippen LogP contribution in [0.15, 0.2) is 36.4 Å². The summed E-state index contributed by atoms with van der Waals surface area (Å²) in [5.74, 6) is -0.501. The van der Waals surface area contributed by atoms with Crippen molar-refractivity contribution < 1.29 is 4.79 Å². The molecule has 4 nitrogen and oxygen atoms in total. The zero-order valence-corrected chi connectivity index (χ0v) is 11.0. The Morgan fingerprint density at radius 3 is 2.42 bits per heavy atom. The van der Waals surface area contributed by atoms with Crippen molar-refractivity contribution in [2.45, 2.75) is 13.8 Å². The van der Waals surface area contributed by atoms with Gasteiger partial charge in [0.05, 0.1) is 11.3 Å². The normalized spacial score (nSPS) is 10.2. The molecule has 5 N–H and O–H groups in total. The van der Waals surface area contributed by atoms with E-state index < -0.39 is 5.91 Å². The SMILES string of the molecule is Cc1ccc(Nc2ccc(N)cc2C(N)=O)cc1C. The quantitative estimate of drug-likeness (QED) is 0.737. The van der Waals surface area contributed by atoms with Gasteiger partial charge in [-0.3, -0.25) is 4.79 Å². The summed E-state index contributed by atoms with van der Waals surface area (Å²) in [6, 6.07) is 11.1. The summed E-state index contributed by atoms with van der Waals surface area (Å²) in [6.07, 6.45) is 0. The van der Waals surface area contributed by atoms with E-state index in [0.717, 1.165) is 5.69 Å². The minimum Gasteiger partial charge on any atom is -0.399 e. The van der Waals surface area contributed by atoms with Gasteiger partial charge in [-0.15, -0.1) is 0 Å². The van der Waals surface area contributed by atoms with E-state index in [-0.39, 0.29) is 0 Å². The molecule has 0 aliphatic carbocycles. The van der Waals surface area contributed by atoms with Crippen molar-refractivity contribution in [1.82, 2.24) is 0 Å². The van der Waals surface area contributed by atoms with Gasteiger partial charge >= 0.3 is 0 Å². The highest BCUT2D eigenvalue weighted by Crippen LogP contribution is 2.24. The third kappa shape index (κ3) is 2.85. The van der Waals surface area contributed by atoms with Crippen molar-refractivity contribution in [1.29, 1.82) is 0 Å². The Bertz CT molecular complexity index is 635. The number of nitrogens with one attached hydrogen (secondary N) is 1. The molecule has 2 rings (SSSR count). The van der Waals surface area contributed by atoms with Gasteiger partial charge in [-0.05, 0) is 55.3 Å². The summed E-state index contributed by atoms with van der Waals surface area (Å²) in [5, 5.41) is 3.19. The topological polar surface area (TPSA) is 81.1 Å². The van der Waals surface area contributed by atoms with Gasteiger partial charge in [0, 0.05) is 11.4 Å². The van der Waals surface area contributed by atoms with Crippen LogP contribution in [-0.2, 0) is 0 Å². The van der Waals surface area contributed by atoms with E-state index in [2.05, 4.69) is 12.2 Å². The van der Waals surface area contributed by atoms with E-state index in [1.165, 1.54) is 11.1 Å². The van der Waals surface area contributed by atoms with E-state index in [0.29, 0.717) is 16.9 Å². The lowest BCUT2D eigenvalue weighted by molar-refractivity contribution is 0.100. The minimum atomic E-state index is -0.501. The van der Waals surface area contributed by atoms with E-state index in [4.69, 9.17) is 11.5 Å². The molecule has 0 aromatic heterocycles. The summed E-state index contributed by atoms with van der Waals surface area (Å²) in [4.78, 5) is 11.4. The average Bonchev–Trinajstić information content (AvgIpc) is 2.36. The van der Waals surface area contributed by atoms with Crippen molar-refractivity contribution in [2.75, 3.05) is 11.1 Å². The van der Waals surface area contributed by atoms with Gasteiger partial charge in [0.2, 0.25) is 0 Å². The highest BCUT2D eigenvalue weighted by molar-refractivity contribution is 6.00. The largest absolute Gasteiger partial charge is 0.399 e. The molecular weight excluding hydrogens is 238 g/mol. The predicted molar refractivity (Wildman–Crippen MR) is 78.6 cm³/mol. The maximum Gasteiger partial charge on any atom is 0.250 e. The number of rotatable bonds is 3. The summed E-state index contributed by atoms with van der Waals surface area (Å²) < 4.78 is 0. The number of nitrogens with two attached hydrogens (primary N) is 2. The zero-order valence-electron chi connectivity index (χ0n) is 11.0. The maximum absolute atomic E-state index is 11.4. The number of nitrogen functional groups attached to an aromatic ring is 1. The number of hydrogen-bond acceptors (Lipinski definition) is 3. The van der Waals surface area contributed by atoms with Crippen molar-refractivity contribution in [2.24, 2.45) is 5.73 Å². The van der Waals surface area contributed by atoms with Crippen molar-refractivity contribution in [3.8, 4) is 0 Å². The number of carbonyl (C=O) groups excluding carboxylic acids is 1. The first-order chi connectivity index (χ1) is 8.97.